The Balaban J connectivity index is 2.50. The van der Waals surface area contributed by atoms with E-state index < -0.39 is 73.9 Å². The molecule has 4 aromatic rings. The van der Waals surface area contributed by atoms with Crippen molar-refractivity contribution in [1.29, 1.82) is 0 Å². The summed E-state index contributed by atoms with van der Waals surface area (Å²) in [5.74, 6) is -16.8. The molecule has 3 aromatic carbocycles. The van der Waals surface area contributed by atoms with Crippen molar-refractivity contribution < 1.29 is 35.1 Å². The van der Waals surface area contributed by atoms with Crippen molar-refractivity contribution in [3.8, 4) is 11.1 Å². The third kappa shape index (κ3) is 2.99. The van der Waals surface area contributed by atoms with Crippen molar-refractivity contribution >= 4 is 37.7 Å². The SMILES string of the molecule is Cc1c(C)c(C)c(-c2c3c(F)c(F)c(F)c(F)c3nc3c(F)c(F)c(F)c(F)c23)c(Br)c1C. The zero-order valence-electron chi connectivity index (χ0n) is 17.3. The maximum absolute atomic E-state index is 15.0. The van der Waals surface area contributed by atoms with Crippen molar-refractivity contribution in [2.24, 2.45) is 0 Å². The number of benzene rings is 3. The Morgan fingerprint density at radius 2 is 0.818 bits per heavy atom. The zero-order valence-corrected chi connectivity index (χ0v) is 18.9. The van der Waals surface area contributed by atoms with Gasteiger partial charge in [-0.15, -0.1) is 0 Å². The van der Waals surface area contributed by atoms with Crippen molar-refractivity contribution in [3.05, 3.63) is 73.3 Å². The highest BCUT2D eigenvalue weighted by Crippen LogP contribution is 2.47. The second-order valence-electron chi connectivity index (χ2n) is 7.63. The van der Waals surface area contributed by atoms with Crippen molar-refractivity contribution in [2.75, 3.05) is 0 Å². The summed E-state index contributed by atoms with van der Waals surface area (Å²) < 4.78 is 116. The second kappa shape index (κ2) is 7.65. The van der Waals surface area contributed by atoms with Crippen LogP contribution in [0.3, 0.4) is 0 Å². The molecule has 33 heavy (non-hydrogen) atoms. The van der Waals surface area contributed by atoms with E-state index in [0.717, 1.165) is 5.56 Å². The Kier molecular flexibility index (Phi) is 5.42. The molecule has 0 fully saturated rings. The van der Waals surface area contributed by atoms with Gasteiger partial charge in [0.25, 0.3) is 0 Å². The third-order valence-corrected chi connectivity index (χ3v) is 7.06. The van der Waals surface area contributed by atoms with Crippen molar-refractivity contribution in [1.82, 2.24) is 4.98 Å². The van der Waals surface area contributed by atoms with Gasteiger partial charge in [-0.25, -0.2) is 40.1 Å². The molecular weight excluding hydrogens is 522 g/mol. The standard InChI is InChI=1S/C23H12BrF8N/c1-5-6(2)8(4)13(24)9(7(5)3)10-11-14(25)16(27)18(29)20(31)22(11)33-23-12(10)15(26)17(28)19(30)21(23)32/h1-4H3. The number of hydrogen-bond donors (Lipinski definition) is 0. The van der Waals surface area contributed by atoms with Crippen LogP contribution in [0.5, 0.6) is 0 Å². The predicted molar refractivity (Wildman–Crippen MR) is 111 cm³/mol. The molecule has 0 atom stereocenters. The summed E-state index contributed by atoms with van der Waals surface area (Å²) in [5.41, 5.74) is -0.918. The maximum Gasteiger partial charge on any atom is 0.199 e. The van der Waals surface area contributed by atoms with E-state index in [-0.39, 0.29) is 10.0 Å². The Morgan fingerprint density at radius 3 is 1.24 bits per heavy atom. The molecule has 0 aliphatic rings. The van der Waals surface area contributed by atoms with E-state index in [1.807, 2.05) is 0 Å². The van der Waals surface area contributed by atoms with Crippen LogP contribution in [0.15, 0.2) is 4.47 Å². The summed E-state index contributed by atoms with van der Waals surface area (Å²) >= 11 is 3.29. The van der Waals surface area contributed by atoms with E-state index in [2.05, 4.69) is 20.9 Å². The van der Waals surface area contributed by atoms with Gasteiger partial charge in [-0.05, 0) is 65.9 Å². The van der Waals surface area contributed by atoms with E-state index in [4.69, 9.17) is 0 Å². The molecule has 10 heteroatoms. The number of nitrogens with zero attached hydrogens (tertiary/aromatic N) is 1. The lowest BCUT2D eigenvalue weighted by Crippen LogP contribution is -2.08. The minimum Gasteiger partial charge on any atom is -0.241 e. The topological polar surface area (TPSA) is 12.9 Å². The average Bonchev–Trinajstić information content (AvgIpc) is 2.80. The summed E-state index contributed by atoms with van der Waals surface area (Å²) in [5, 5.41) is -2.09. The summed E-state index contributed by atoms with van der Waals surface area (Å²) in [7, 11) is 0. The quantitative estimate of drug-likeness (QED) is 0.104. The van der Waals surface area contributed by atoms with Gasteiger partial charge >= 0.3 is 0 Å². The number of halogens is 9. The molecule has 0 aliphatic heterocycles. The molecule has 1 nitrogen and oxygen atoms in total. The van der Waals surface area contributed by atoms with Gasteiger partial charge < -0.3 is 0 Å². The van der Waals surface area contributed by atoms with Crippen LogP contribution in [0, 0.1) is 74.2 Å². The highest BCUT2D eigenvalue weighted by Gasteiger charge is 2.32. The Hall–Kier alpha value is -2.75. The van der Waals surface area contributed by atoms with Crippen LogP contribution in [0.2, 0.25) is 0 Å². The normalized spacial score (nSPS) is 11.8. The van der Waals surface area contributed by atoms with Gasteiger partial charge in [-0.3, -0.25) is 0 Å². The molecule has 0 N–H and O–H groups in total. The van der Waals surface area contributed by atoms with Crippen LogP contribution < -0.4 is 0 Å². The van der Waals surface area contributed by atoms with E-state index in [9.17, 15) is 26.3 Å². The minimum atomic E-state index is -2.24. The fourth-order valence-electron chi connectivity index (χ4n) is 3.96. The molecule has 0 radical (unpaired) electrons. The number of rotatable bonds is 1. The smallest absolute Gasteiger partial charge is 0.199 e. The highest BCUT2D eigenvalue weighted by atomic mass is 79.9. The number of hydrogen-bond acceptors (Lipinski definition) is 1. The molecule has 0 saturated heterocycles. The highest BCUT2D eigenvalue weighted by molar-refractivity contribution is 9.10. The molecule has 1 heterocycles. The third-order valence-electron chi connectivity index (χ3n) is 6.07. The van der Waals surface area contributed by atoms with Crippen LogP contribution >= 0.6 is 15.9 Å². The monoisotopic (exact) mass is 533 g/mol. The minimum absolute atomic E-state index is 0.0679. The van der Waals surface area contributed by atoms with Gasteiger partial charge in [0.15, 0.2) is 46.5 Å². The number of aromatic nitrogens is 1. The summed E-state index contributed by atoms with van der Waals surface area (Å²) in [6.45, 7) is 6.56. The second-order valence-corrected chi connectivity index (χ2v) is 8.43. The Labute approximate surface area is 190 Å². The molecular formula is C23H12BrF8N. The van der Waals surface area contributed by atoms with Crippen molar-refractivity contribution in [3.63, 3.8) is 0 Å². The first kappa shape index (κ1) is 23.4. The van der Waals surface area contributed by atoms with E-state index >= 15 is 8.78 Å². The lowest BCUT2D eigenvalue weighted by Gasteiger charge is -2.21. The van der Waals surface area contributed by atoms with Gasteiger partial charge in [0.1, 0.15) is 11.0 Å². The lowest BCUT2D eigenvalue weighted by molar-refractivity contribution is 0.414. The molecule has 0 spiro atoms. The van der Waals surface area contributed by atoms with Gasteiger partial charge in [0.05, 0.1) is 10.8 Å². The van der Waals surface area contributed by atoms with Crippen LogP contribution in [0.4, 0.5) is 35.1 Å². The molecule has 0 unspecified atom stereocenters. The molecule has 0 amide bonds. The first-order valence-corrected chi connectivity index (χ1v) is 10.2. The van der Waals surface area contributed by atoms with Crippen LogP contribution in [-0.4, -0.2) is 4.98 Å². The summed E-state index contributed by atoms with van der Waals surface area (Å²) in [6, 6.07) is 0. The Morgan fingerprint density at radius 1 is 0.455 bits per heavy atom. The molecule has 172 valence electrons. The van der Waals surface area contributed by atoms with Crippen LogP contribution in [0.1, 0.15) is 22.3 Å². The lowest BCUT2D eigenvalue weighted by atomic mass is 9.87. The van der Waals surface area contributed by atoms with Gasteiger partial charge in [0, 0.05) is 15.6 Å². The molecule has 1 aromatic heterocycles. The molecule has 0 saturated carbocycles. The molecule has 0 aliphatic carbocycles. The summed E-state index contributed by atoms with van der Waals surface area (Å²) in [4.78, 5) is 3.35. The summed E-state index contributed by atoms with van der Waals surface area (Å²) in [6.07, 6.45) is 0. The largest absolute Gasteiger partial charge is 0.241 e. The van der Waals surface area contributed by atoms with Crippen LogP contribution in [-0.2, 0) is 0 Å². The first-order valence-electron chi connectivity index (χ1n) is 9.40. The average molecular weight is 534 g/mol. The van der Waals surface area contributed by atoms with Gasteiger partial charge in [0.2, 0.25) is 0 Å². The maximum atomic E-state index is 15.0. The van der Waals surface area contributed by atoms with Gasteiger partial charge in [-0.1, -0.05) is 0 Å². The molecule has 4 rings (SSSR count). The van der Waals surface area contributed by atoms with Crippen molar-refractivity contribution in [2.45, 2.75) is 27.7 Å². The van der Waals surface area contributed by atoms with Crippen LogP contribution in [0.25, 0.3) is 32.9 Å². The Bertz CT molecular complexity index is 1440. The number of fused-ring (bicyclic) bond motifs is 2. The predicted octanol–water partition coefficient (Wildman–Crippen LogP) is 8.16. The molecule has 0 bridgehead atoms. The van der Waals surface area contributed by atoms with E-state index in [1.165, 1.54) is 6.92 Å². The fourth-order valence-corrected chi connectivity index (χ4v) is 4.75. The van der Waals surface area contributed by atoms with Gasteiger partial charge in [-0.2, -0.15) is 0 Å². The van der Waals surface area contributed by atoms with E-state index in [1.54, 1.807) is 20.8 Å². The zero-order chi connectivity index (χ0) is 24.7. The first-order chi connectivity index (χ1) is 15.3. The fraction of sp³-hybridized carbons (Fsp3) is 0.174. The van der Waals surface area contributed by atoms with E-state index in [0.29, 0.717) is 16.7 Å². The number of pyridine rings is 1.